The summed E-state index contributed by atoms with van der Waals surface area (Å²) in [5.41, 5.74) is 0.891. The molecule has 0 saturated heterocycles. The SMILES string of the molecule is O=C(CSc1nc2ccccc2c2nc(-c3ccccc3)nn12)Nc1ccccc1C(F)(F)F. The minimum Gasteiger partial charge on any atom is -0.325 e. The van der Waals surface area contributed by atoms with Crippen molar-refractivity contribution >= 4 is 39.9 Å². The molecule has 0 fully saturated rings. The number of fused-ring (bicyclic) bond motifs is 3. The monoisotopic (exact) mass is 479 g/mol. The summed E-state index contributed by atoms with van der Waals surface area (Å²) in [6, 6.07) is 21.7. The van der Waals surface area contributed by atoms with Crippen molar-refractivity contribution in [3.63, 3.8) is 0 Å². The van der Waals surface area contributed by atoms with E-state index in [-0.39, 0.29) is 11.4 Å². The van der Waals surface area contributed by atoms with E-state index in [1.165, 1.54) is 18.2 Å². The summed E-state index contributed by atoms with van der Waals surface area (Å²) in [7, 11) is 0. The Bertz CT molecular complexity index is 1500. The highest BCUT2D eigenvalue weighted by Crippen LogP contribution is 2.34. The molecule has 0 saturated carbocycles. The third kappa shape index (κ3) is 4.32. The molecule has 1 amide bonds. The quantitative estimate of drug-likeness (QED) is 0.259. The number of nitrogens with zero attached hydrogens (tertiary/aromatic N) is 4. The number of para-hydroxylation sites is 2. The molecular weight excluding hydrogens is 463 g/mol. The molecule has 0 atom stereocenters. The van der Waals surface area contributed by atoms with Crippen LogP contribution in [0.3, 0.4) is 0 Å². The van der Waals surface area contributed by atoms with E-state index in [1.54, 1.807) is 4.52 Å². The predicted molar refractivity (Wildman–Crippen MR) is 125 cm³/mol. The molecule has 34 heavy (non-hydrogen) atoms. The molecule has 0 bridgehead atoms. The van der Waals surface area contributed by atoms with Gasteiger partial charge in [0, 0.05) is 10.9 Å². The molecule has 1 N–H and O–H groups in total. The minimum absolute atomic E-state index is 0.160. The number of halogens is 3. The zero-order chi connectivity index (χ0) is 23.7. The third-order valence-electron chi connectivity index (χ3n) is 5.02. The van der Waals surface area contributed by atoms with Crippen LogP contribution in [0.4, 0.5) is 18.9 Å². The Morgan fingerprint density at radius 1 is 0.912 bits per heavy atom. The molecule has 5 aromatic rings. The van der Waals surface area contributed by atoms with Crippen molar-refractivity contribution in [3.05, 3.63) is 84.4 Å². The minimum atomic E-state index is -4.57. The Hall–Kier alpha value is -3.92. The molecule has 5 rings (SSSR count). The molecule has 0 aliphatic heterocycles. The molecule has 2 aromatic heterocycles. The molecule has 10 heteroatoms. The number of aromatic nitrogens is 4. The lowest BCUT2D eigenvalue weighted by Gasteiger charge is -2.13. The van der Waals surface area contributed by atoms with Crippen molar-refractivity contribution in [1.29, 1.82) is 0 Å². The first kappa shape index (κ1) is 21.9. The van der Waals surface area contributed by atoms with Gasteiger partial charge in [0.1, 0.15) is 0 Å². The maximum Gasteiger partial charge on any atom is 0.418 e. The van der Waals surface area contributed by atoms with E-state index in [0.717, 1.165) is 28.8 Å². The summed E-state index contributed by atoms with van der Waals surface area (Å²) in [4.78, 5) is 21.8. The van der Waals surface area contributed by atoms with Gasteiger partial charge in [0.05, 0.1) is 22.5 Å². The van der Waals surface area contributed by atoms with Crippen LogP contribution < -0.4 is 5.32 Å². The molecule has 3 aromatic carbocycles. The number of alkyl halides is 3. The summed E-state index contributed by atoms with van der Waals surface area (Å²) < 4.78 is 41.3. The van der Waals surface area contributed by atoms with Crippen LogP contribution in [-0.2, 0) is 11.0 Å². The number of hydrogen-bond donors (Lipinski definition) is 1. The van der Waals surface area contributed by atoms with Gasteiger partial charge < -0.3 is 5.32 Å². The molecule has 0 aliphatic carbocycles. The summed E-state index contributed by atoms with van der Waals surface area (Å²) >= 11 is 1.07. The summed E-state index contributed by atoms with van der Waals surface area (Å²) in [6.45, 7) is 0. The fourth-order valence-corrected chi connectivity index (χ4v) is 4.23. The van der Waals surface area contributed by atoms with Crippen molar-refractivity contribution in [3.8, 4) is 11.4 Å². The number of carbonyl (C=O) groups is 1. The Balaban J connectivity index is 1.46. The lowest BCUT2D eigenvalue weighted by Crippen LogP contribution is -2.18. The first-order valence-electron chi connectivity index (χ1n) is 10.2. The van der Waals surface area contributed by atoms with Gasteiger partial charge >= 0.3 is 6.18 Å². The average Bonchev–Trinajstić information content (AvgIpc) is 3.29. The van der Waals surface area contributed by atoms with Crippen LogP contribution in [0.5, 0.6) is 0 Å². The summed E-state index contributed by atoms with van der Waals surface area (Å²) in [6.07, 6.45) is -4.57. The van der Waals surface area contributed by atoms with Crippen LogP contribution in [0.1, 0.15) is 5.56 Å². The molecule has 170 valence electrons. The summed E-state index contributed by atoms with van der Waals surface area (Å²) in [5, 5.41) is 8.14. The fourth-order valence-electron chi connectivity index (χ4n) is 3.49. The number of nitrogens with one attached hydrogen (secondary N) is 1. The van der Waals surface area contributed by atoms with Gasteiger partial charge in [0.15, 0.2) is 16.6 Å². The first-order chi connectivity index (χ1) is 16.4. The van der Waals surface area contributed by atoms with Gasteiger partial charge in [-0.1, -0.05) is 66.4 Å². The van der Waals surface area contributed by atoms with Gasteiger partial charge in [-0.25, -0.2) is 9.97 Å². The Kier molecular flexibility index (Phi) is 5.66. The van der Waals surface area contributed by atoms with E-state index in [1.807, 2.05) is 54.6 Å². The van der Waals surface area contributed by atoms with Gasteiger partial charge in [-0.2, -0.15) is 17.7 Å². The Morgan fingerprint density at radius 2 is 1.62 bits per heavy atom. The number of carbonyl (C=O) groups excluding carboxylic acids is 1. The number of benzene rings is 3. The Labute approximate surface area is 195 Å². The van der Waals surface area contributed by atoms with E-state index in [2.05, 4.69) is 20.4 Å². The standard InChI is InChI=1S/C24H16F3N5OS/c25-24(26,27)17-11-5-7-13-19(17)28-20(33)14-34-23-29-18-12-6-4-10-16(18)22-30-21(31-32(22)23)15-8-2-1-3-9-15/h1-13H,14H2,(H,28,33). The van der Waals surface area contributed by atoms with Gasteiger partial charge in [0.25, 0.3) is 0 Å². The second kappa shape index (κ2) is 8.79. The maximum atomic E-state index is 13.2. The molecule has 0 aliphatic rings. The van der Waals surface area contributed by atoms with E-state index in [0.29, 0.717) is 22.1 Å². The number of anilines is 1. The van der Waals surface area contributed by atoms with Crippen molar-refractivity contribution in [2.75, 3.05) is 11.1 Å². The van der Waals surface area contributed by atoms with Crippen molar-refractivity contribution in [1.82, 2.24) is 19.6 Å². The lowest BCUT2D eigenvalue weighted by molar-refractivity contribution is -0.137. The van der Waals surface area contributed by atoms with Crippen molar-refractivity contribution in [2.45, 2.75) is 11.3 Å². The lowest BCUT2D eigenvalue weighted by atomic mass is 10.1. The zero-order valence-corrected chi connectivity index (χ0v) is 18.3. The fraction of sp³-hybridized carbons (Fsp3) is 0.0833. The molecule has 6 nitrogen and oxygen atoms in total. The second-order valence-electron chi connectivity index (χ2n) is 7.33. The molecule has 0 unspecified atom stereocenters. The molecule has 0 spiro atoms. The van der Waals surface area contributed by atoms with E-state index in [9.17, 15) is 18.0 Å². The number of thioether (sulfide) groups is 1. The highest BCUT2D eigenvalue weighted by Gasteiger charge is 2.33. The highest BCUT2D eigenvalue weighted by atomic mass is 32.2. The van der Waals surface area contributed by atoms with Gasteiger partial charge in [-0.15, -0.1) is 5.10 Å². The van der Waals surface area contributed by atoms with Crippen LogP contribution in [0.2, 0.25) is 0 Å². The number of rotatable bonds is 5. The second-order valence-corrected chi connectivity index (χ2v) is 8.27. The predicted octanol–water partition coefficient (Wildman–Crippen LogP) is 5.69. The van der Waals surface area contributed by atoms with Crippen LogP contribution in [-0.4, -0.2) is 31.2 Å². The molecular formula is C24H16F3N5OS. The topological polar surface area (TPSA) is 72.2 Å². The molecule has 2 heterocycles. The van der Waals surface area contributed by atoms with E-state index in [4.69, 9.17) is 0 Å². The van der Waals surface area contributed by atoms with Crippen molar-refractivity contribution < 1.29 is 18.0 Å². The zero-order valence-electron chi connectivity index (χ0n) is 17.5. The maximum absolute atomic E-state index is 13.2. The average molecular weight is 479 g/mol. The van der Waals surface area contributed by atoms with Gasteiger partial charge in [-0.3, -0.25) is 4.79 Å². The van der Waals surface area contributed by atoms with Crippen molar-refractivity contribution in [2.24, 2.45) is 0 Å². The Morgan fingerprint density at radius 3 is 2.41 bits per heavy atom. The first-order valence-corrected chi connectivity index (χ1v) is 11.2. The smallest absolute Gasteiger partial charge is 0.325 e. The normalized spacial score (nSPS) is 11.7. The van der Waals surface area contributed by atoms with Gasteiger partial charge in [0.2, 0.25) is 5.91 Å². The van der Waals surface area contributed by atoms with E-state index < -0.39 is 17.6 Å². The highest BCUT2D eigenvalue weighted by molar-refractivity contribution is 7.99. The van der Waals surface area contributed by atoms with E-state index >= 15 is 0 Å². The van der Waals surface area contributed by atoms with Crippen LogP contribution in [0, 0.1) is 0 Å². The van der Waals surface area contributed by atoms with Crippen LogP contribution in [0.15, 0.2) is 84.0 Å². The summed E-state index contributed by atoms with van der Waals surface area (Å²) in [5.74, 6) is -0.245. The van der Waals surface area contributed by atoms with Crippen LogP contribution in [0.25, 0.3) is 27.9 Å². The molecule has 0 radical (unpaired) electrons. The number of amides is 1. The van der Waals surface area contributed by atoms with Crippen LogP contribution >= 0.6 is 11.8 Å². The number of hydrogen-bond acceptors (Lipinski definition) is 5. The van der Waals surface area contributed by atoms with Gasteiger partial charge in [-0.05, 0) is 24.3 Å². The largest absolute Gasteiger partial charge is 0.418 e. The third-order valence-corrected chi connectivity index (χ3v) is 5.95.